The summed E-state index contributed by atoms with van der Waals surface area (Å²) in [6.07, 6.45) is 3.09. The largest absolute Gasteiger partial charge is 0.382 e. The lowest BCUT2D eigenvalue weighted by atomic mass is 10.3. The molecule has 0 aromatic carbocycles. The number of hydrogen-bond acceptors (Lipinski definition) is 3. The summed E-state index contributed by atoms with van der Waals surface area (Å²) in [5.41, 5.74) is 5.63. The van der Waals surface area contributed by atoms with Crippen molar-refractivity contribution in [1.82, 2.24) is 5.32 Å². The molecule has 0 fully saturated rings. The van der Waals surface area contributed by atoms with Crippen LogP contribution in [-0.4, -0.2) is 46.0 Å². The van der Waals surface area contributed by atoms with Crippen molar-refractivity contribution in [1.29, 1.82) is 0 Å². The molecule has 0 bridgehead atoms. The average Bonchev–Trinajstić information content (AvgIpc) is 2.30. The molecule has 5 heteroatoms. The molecule has 0 aromatic heterocycles. The predicted molar refractivity (Wildman–Crippen MR) is 66.7 cm³/mol. The standard InChI is InChI=1S/C11H25N3O2/c1-3-6-13-11(12)14-7-4-5-8-16-10-9-15-2/h3-10H2,1-2H3,(H3,12,13,14). The van der Waals surface area contributed by atoms with Crippen LogP contribution in [0.2, 0.25) is 0 Å². The minimum atomic E-state index is 0.544. The molecule has 0 heterocycles. The molecule has 0 radical (unpaired) electrons. The van der Waals surface area contributed by atoms with Gasteiger partial charge >= 0.3 is 0 Å². The fourth-order valence-corrected chi connectivity index (χ4v) is 1.08. The van der Waals surface area contributed by atoms with Gasteiger partial charge in [0.1, 0.15) is 0 Å². The molecule has 0 unspecified atom stereocenters. The van der Waals surface area contributed by atoms with E-state index in [-0.39, 0.29) is 0 Å². The van der Waals surface area contributed by atoms with Crippen molar-refractivity contribution in [3.8, 4) is 0 Å². The molecule has 16 heavy (non-hydrogen) atoms. The number of aliphatic imine (C=N–C) groups is 1. The van der Waals surface area contributed by atoms with E-state index < -0.39 is 0 Å². The van der Waals surface area contributed by atoms with Gasteiger partial charge in [-0.15, -0.1) is 0 Å². The number of rotatable bonds is 10. The Morgan fingerprint density at radius 2 is 2.06 bits per heavy atom. The minimum absolute atomic E-state index is 0.544. The SMILES string of the molecule is CCCN=C(N)NCCCCOCCOC. The van der Waals surface area contributed by atoms with Crippen molar-refractivity contribution in [3.63, 3.8) is 0 Å². The third-order valence-electron chi connectivity index (χ3n) is 1.96. The molecule has 0 saturated carbocycles. The second-order valence-electron chi connectivity index (χ2n) is 3.51. The molecular formula is C11H25N3O2. The lowest BCUT2D eigenvalue weighted by molar-refractivity contribution is 0.0689. The molecule has 0 saturated heterocycles. The first kappa shape index (κ1) is 15.2. The number of nitrogens with zero attached hydrogens (tertiary/aromatic N) is 1. The number of guanidine groups is 1. The van der Waals surface area contributed by atoms with Crippen LogP contribution in [0.5, 0.6) is 0 Å². The van der Waals surface area contributed by atoms with Crippen molar-refractivity contribution in [2.75, 3.05) is 40.0 Å². The highest BCUT2D eigenvalue weighted by Gasteiger charge is 1.92. The highest BCUT2D eigenvalue weighted by molar-refractivity contribution is 5.77. The Bertz CT molecular complexity index is 175. The molecular weight excluding hydrogens is 206 g/mol. The maximum Gasteiger partial charge on any atom is 0.188 e. The highest BCUT2D eigenvalue weighted by atomic mass is 16.5. The van der Waals surface area contributed by atoms with E-state index in [0.29, 0.717) is 19.2 Å². The number of unbranched alkanes of at least 4 members (excludes halogenated alkanes) is 1. The van der Waals surface area contributed by atoms with Crippen LogP contribution in [-0.2, 0) is 9.47 Å². The summed E-state index contributed by atoms with van der Waals surface area (Å²) < 4.78 is 10.2. The second kappa shape index (κ2) is 12.3. The summed E-state index contributed by atoms with van der Waals surface area (Å²) in [5.74, 6) is 0.544. The van der Waals surface area contributed by atoms with Crippen LogP contribution in [0.15, 0.2) is 4.99 Å². The molecule has 0 rings (SSSR count). The molecule has 0 aliphatic rings. The van der Waals surface area contributed by atoms with Gasteiger partial charge in [0.2, 0.25) is 0 Å². The highest BCUT2D eigenvalue weighted by Crippen LogP contribution is 1.88. The van der Waals surface area contributed by atoms with Gasteiger partial charge in [0.15, 0.2) is 5.96 Å². The van der Waals surface area contributed by atoms with Gasteiger partial charge in [-0.25, -0.2) is 0 Å². The summed E-state index contributed by atoms with van der Waals surface area (Å²) in [5, 5.41) is 3.07. The second-order valence-corrected chi connectivity index (χ2v) is 3.51. The Hall–Kier alpha value is -0.810. The summed E-state index contributed by atoms with van der Waals surface area (Å²) >= 11 is 0. The molecule has 0 aliphatic heterocycles. The van der Waals surface area contributed by atoms with Gasteiger partial charge < -0.3 is 20.5 Å². The van der Waals surface area contributed by atoms with E-state index in [1.54, 1.807) is 7.11 Å². The van der Waals surface area contributed by atoms with E-state index in [0.717, 1.165) is 39.0 Å². The first-order valence-corrected chi connectivity index (χ1v) is 5.91. The van der Waals surface area contributed by atoms with Gasteiger partial charge in [-0.05, 0) is 19.3 Å². The molecule has 5 nitrogen and oxygen atoms in total. The zero-order valence-corrected chi connectivity index (χ0v) is 10.5. The molecule has 0 aromatic rings. The number of methoxy groups -OCH3 is 1. The van der Waals surface area contributed by atoms with Crippen LogP contribution < -0.4 is 11.1 Å². The van der Waals surface area contributed by atoms with E-state index in [1.807, 2.05) is 0 Å². The molecule has 3 N–H and O–H groups in total. The maximum absolute atomic E-state index is 5.63. The first-order valence-electron chi connectivity index (χ1n) is 5.91. The van der Waals surface area contributed by atoms with Crippen molar-refractivity contribution >= 4 is 5.96 Å². The predicted octanol–water partition coefficient (Wildman–Crippen LogP) is 0.744. The number of nitrogens with one attached hydrogen (secondary N) is 1. The van der Waals surface area contributed by atoms with Gasteiger partial charge in [-0.1, -0.05) is 6.92 Å². The van der Waals surface area contributed by atoms with Crippen LogP contribution in [0.4, 0.5) is 0 Å². The van der Waals surface area contributed by atoms with Crippen LogP contribution in [0, 0.1) is 0 Å². The Kier molecular flexibility index (Phi) is 11.6. The lowest BCUT2D eigenvalue weighted by Crippen LogP contribution is -2.32. The van der Waals surface area contributed by atoms with Crippen molar-refractivity contribution in [3.05, 3.63) is 0 Å². The van der Waals surface area contributed by atoms with Crippen LogP contribution >= 0.6 is 0 Å². The maximum atomic E-state index is 5.63. The zero-order chi connectivity index (χ0) is 12.1. The van der Waals surface area contributed by atoms with Gasteiger partial charge in [0, 0.05) is 26.8 Å². The number of ether oxygens (including phenoxy) is 2. The zero-order valence-electron chi connectivity index (χ0n) is 10.5. The average molecular weight is 231 g/mol. The molecule has 0 atom stereocenters. The van der Waals surface area contributed by atoms with E-state index in [4.69, 9.17) is 15.2 Å². The molecule has 96 valence electrons. The van der Waals surface area contributed by atoms with Crippen LogP contribution in [0.1, 0.15) is 26.2 Å². The summed E-state index contributed by atoms with van der Waals surface area (Å²) in [6.45, 7) is 5.83. The summed E-state index contributed by atoms with van der Waals surface area (Å²) in [6, 6.07) is 0. The first-order chi connectivity index (χ1) is 7.81. The minimum Gasteiger partial charge on any atom is -0.382 e. The van der Waals surface area contributed by atoms with Gasteiger partial charge in [0.05, 0.1) is 13.2 Å². The van der Waals surface area contributed by atoms with Crippen LogP contribution in [0.25, 0.3) is 0 Å². The quantitative estimate of drug-likeness (QED) is 0.330. The Morgan fingerprint density at radius 3 is 2.75 bits per heavy atom. The van der Waals surface area contributed by atoms with Crippen molar-refractivity contribution in [2.45, 2.75) is 26.2 Å². The van der Waals surface area contributed by atoms with Gasteiger partial charge in [0.25, 0.3) is 0 Å². The van der Waals surface area contributed by atoms with E-state index >= 15 is 0 Å². The Morgan fingerprint density at radius 1 is 1.25 bits per heavy atom. The van der Waals surface area contributed by atoms with E-state index in [1.165, 1.54) is 0 Å². The van der Waals surface area contributed by atoms with E-state index in [2.05, 4.69) is 17.2 Å². The third kappa shape index (κ3) is 11.3. The van der Waals surface area contributed by atoms with Crippen LogP contribution in [0.3, 0.4) is 0 Å². The van der Waals surface area contributed by atoms with Gasteiger partial charge in [-0.3, -0.25) is 4.99 Å². The normalized spacial score (nSPS) is 11.8. The summed E-state index contributed by atoms with van der Waals surface area (Å²) in [4.78, 5) is 4.14. The topological polar surface area (TPSA) is 68.9 Å². The monoisotopic (exact) mass is 231 g/mol. The lowest BCUT2D eigenvalue weighted by Gasteiger charge is -2.06. The Labute approximate surface area is 98.4 Å². The van der Waals surface area contributed by atoms with Gasteiger partial charge in [-0.2, -0.15) is 0 Å². The van der Waals surface area contributed by atoms with E-state index in [9.17, 15) is 0 Å². The smallest absolute Gasteiger partial charge is 0.188 e. The Balaban J connectivity index is 3.14. The fourth-order valence-electron chi connectivity index (χ4n) is 1.08. The van der Waals surface area contributed by atoms with Crippen molar-refractivity contribution < 1.29 is 9.47 Å². The number of hydrogen-bond donors (Lipinski definition) is 2. The summed E-state index contributed by atoms with van der Waals surface area (Å²) in [7, 11) is 1.67. The number of nitrogens with two attached hydrogens (primary N) is 1. The fraction of sp³-hybridized carbons (Fsp3) is 0.909. The molecule has 0 aliphatic carbocycles. The molecule has 0 amide bonds. The molecule has 0 spiro atoms. The third-order valence-corrected chi connectivity index (χ3v) is 1.96. The van der Waals surface area contributed by atoms with Crippen molar-refractivity contribution in [2.24, 2.45) is 10.7 Å².